The zero-order valence-electron chi connectivity index (χ0n) is 14.2. The molecule has 1 N–H and O–H groups in total. The molecule has 0 atom stereocenters. The third-order valence-electron chi connectivity index (χ3n) is 3.23. The monoisotopic (exact) mass is 393 g/mol. The van der Waals surface area contributed by atoms with Crippen molar-refractivity contribution in [3.63, 3.8) is 0 Å². The molecule has 0 saturated carbocycles. The summed E-state index contributed by atoms with van der Waals surface area (Å²) in [6, 6.07) is 16.9. The number of carbonyl (C=O) groups excluding carboxylic acids is 2. The van der Waals surface area contributed by atoms with Crippen LogP contribution in [0.2, 0.25) is 5.02 Å². The number of para-hydroxylation sites is 1. The number of carbonyl (C=O) groups is 2. The zero-order valence-corrected chi connectivity index (χ0v) is 15.7. The highest BCUT2D eigenvalue weighted by atomic mass is 35.5. The molecular formula is C19H20ClNO4S. The third kappa shape index (κ3) is 7.80. The molecule has 5 nitrogen and oxygen atoms in total. The molecule has 1 amide bonds. The van der Waals surface area contributed by atoms with Gasteiger partial charge in [0.2, 0.25) is 0 Å². The van der Waals surface area contributed by atoms with Gasteiger partial charge < -0.3 is 14.8 Å². The summed E-state index contributed by atoms with van der Waals surface area (Å²) >= 11 is 7.64. The Bertz CT molecular complexity index is 712. The molecule has 0 spiro atoms. The van der Waals surface area contributed by atoms with Crippen LogP contribution in [0.4, 0.5) is 0 Å². The van der Waals surface area contributed by atoms with Crippen LogP contribution < -0.4 is 10.1 Å². The number of amides is 1. The Morgan fingerprint density at radius 1 is 1.00 bits per heavy atom. The lowest BCUT2D eigenvalue weighted by Crippen LogP contribution is -2.31. The third-order valence-corrected chi connectivity index (χ3v) is 4.57. The van der Waals surface area contributed by atoms with Crippen molar-refractivity contribution in [1.29, 1.82) is 0 Å². The van der Waals surface area contributed by atoms with Gasteiger partial charge >= 0.3 is 5.97 Å². The number of esters is 1. The quantitative estimate of drug-likeness (QED) is 0.495. The fourth-order valence-corrected chi connectivity index (χ4v) is 2.97. The predicted octanol–water partition coefficient (Wildman–Crippen LogP) is 3.31. The molecule has 0 aliphatic heterocycles. The Hall–Kier alpha value is -2.18. The summed E-state index contributed by atoms with van der Waals surface area (Å²) in [5.74, 6) is 1.11. The average molecular weight is 394 g/mol. The van der Waals surface area contributed by atoms with E-state index < -0.39 is 5.97 Å². The highest BCUT2D eigenvalue weighted by Crippen LogP contribution is 2.22. The largest absolute Gasteiger partial charge is 0.480 e. The van der Waals surface area contributed by atoms with Crippen LogP contribution in [0, 0.1) is 0 Å². The molecule has 0 heterocycles. The van der Waals surface area contributed by atoms with Crippen molar-refractivity contribution in [2.45, 2.75) is 5.75 Å². The predicted molar refractivity (Wildman–Crippen MR) is 104 cm³/mol. The van der Waals surface area contributed by atoms with Gasteiger partial charge in [-0.15, -0.1) is 0 Å². The molecular weight excluding hydrogens is 374 g/mol. The molecule has 0 unspecified atom stereocenters. The Balaban J connectivity index is 1.52. The Morgan fingerprint density at radius 2 is 1.73 bits per heavy atom. The van der Waals surface area contributed by atoms with Gasteiger partial charge in [-0.05, 0) is 17.7 Å². The van der Waals surface area contributed by atoms with Crippen LogP contribution in [0.25, 0.3) is 0 Å². The maximum absolute atomic E-state index is 11.6. The minimum atomic E-state index is -0.626. The van der Waals surface area contributed by atoms with Crippen molar-refractivity contribution < 1.29 is 19.1 Å². The maximum atomic E-state index is 11.6. The van der Waals surface area contributed by atoms with Crippen LogP contribution in [-0.4, -0.2) is 37.4 Å². The first-order chi connectivity index (χ1) is 12.6. The van der Waals surface area contributed by atoms with E-state index in [1.807, 2.05) is 18.2 Å². The van der Waals surface area contributed by atoms with E-state index in [0.717, 1.165) is 11.5 Å². The van der Waals surface area contributed by atoms with E-state index in [1.165, 1.54) is 5.56 Å². The number of ether oxygens (including phenoxy) is 2. The van der Waals surface area contributed by atoms with Gasteiger partial charge in [0.05, 0.1) is 5.02 Å². The van der Waals surface area contributed by atoms with Crippen molar-refractivity contribution >= 4 is 35.2 Å². The van der Waals surface area contributed by atoms with E-state index in [1.54, 1.807) is 36.0 Å². The van der Waals surface area contributed by atoms with Crippen LogP contribution in [0.15, 0.2) is 54.6 Å². The summed E-state index contributed by atoms with van der Waals surface area (Å²) in [5, 5.41) is 3.12. The Kier molecular flexibility index (Phi) is 8.86. The van der Waals surface area contributed by atoms with Crippen LogP contribution in [-0.2, 0) is 20.1 Å². The molecule has 0 fully saturated rings. The molecule has 26 heavy (non-hydrogen) atoms. The first-order valence-corrected chi connectivity index (χ1v) is 9.60. The molecule has 0 aliphatic carbocycles. The number of nitrogens with one attached hydrogen (secondary N) is 1. The van der Waals surface area contributed by atoms with Crippen molar-refractivity contribution in [2.24, 2.45) is 0 Å². The molecule has 0 bridgehead atoms. The van der Waals surface area contributed by atoms with Gasteiger partial charge in [-0.3, -0.25) is 4.79 Å². The number of benzene rings is 2. The van der Waals surface area contributed by atoms with Crippen molar-refractivity contribution in [1.82, 2.24) is 5.32 Å². The van der Waals surface area contributed by atoms with E-state index in [4.69, 9.17) is 21.1 Å². The number of thioether (sulfide) groups is 1. The highest BCUT2D eigenvalue weighted by molar-refractivity contribution is 7.98. The van der Waals surface area contributed by atoms with Crippen molar-refractivity contribution in [3.8, 4) is 5.75 Å². The second-order valence-electron chi connectivity index (χ2n) is 5.27. The lowest BCUT2D eigenvalue weighted by molar-refractivity contribution is -0.150. The molecule has 138 valence electrons. The summed E-state index contributed by atoms with van der Waals surface area (Å²) in [6.45, 7) is -0.109. The van der Waals surface area contributed by atoms with Crippen LogP contribution in [0.3, 0.4) is 0 Å². The first kappa shape index (κ1) is 20.1. The number of hydrogen-bond acceptors (Lipinski definition) is 5. The average Bonchev–Trinajstić information content (AvgIpc) is 2.66. The minimum absolute atomic E-state index is 0.302. The van der Waals surface area contributed by atoms with Gasteiger partial charge in [0, 0.05) is 18.1 Å². The van der Waals surface area contributed by atoms with Crippen LogP contribution in [0.5, 0.6) is 5.75 Å². The fourth-order valence-electron chi connectivity index (χ4n) is 1.96. The lowest BCUT2D eigenvalue weighted by atomic mass is 10.2. The SMILES string of the molecule is O=C(COC(=O)COc1ccccc1Cl)NCCSCc1ccccc1. The van der Waals surface area contributed by atoms with Crippen molar-refractivity contribution in [2.75, 3.05) is 25.5 Å². The van der Waals surface area contributed by atoms with Gasteiger partial charge in [-0.25, -0.2) is 4.79 Å². The van der Waals surface area contributed by atoms with Gasteiger partial charge in [-0.1, -0.05) is 54.1 Å². The molecule has 0 radical (unpaired) electrons. The smallest absolute Gasteiger partial charge is 0.344 e. The fraction of sp³-hybridized carbons (Fsp3) is 0.263. The summed E-state index contributed by atoms with van der Waals surface area (Å²) in [4.78, 5) is 23.2. The number of halogens is 1. The molecule has 2 aromatic carbocycles. The standard InChI is InChI=1S/C19H20ClNO4S/c20-16-8-4-5-9-17(16)24-13-19(23)25-12-18(22)21-10-11-26-14-15-6-2-1-3-7-15/h1-9H,10-14H2,(H,21,22). The van der Waals surface area contributed by atoms with Gasteiger partial charge in [0.1, 0.15) is 5.75 Å². The topological polar surface area (TPSA) is 64.6 Å². The van der Waals surface area contributed by atoms with E-state index in [2.05, 4.69) is 17.4 Å². The zero-order chi connectivity index (χ0) is 18.6. The molecule has 0 aromatic heterocycles. The second-order valence-corrected chi connectivity index (χ2v) is 6.78. The summed E-state index contributed by atoms with van der Waals surface area (Å²) < 4.78 is 10.1. The molecule has 0 aliphatic rings. The Morgan fingerprint density at radius 3 is 2.50 bits per heavy atom. The van der Waals surface area contributed by atoms with Gasteiger partial charge in [-0.2, -0.15) is 11.8 Å². The van der Waals surface area contributed by atoms with Crippen LogP contribution in [0.1, 0.15) is 5.56 Å². The molecule has 0 saturated heterocycles. The van der Waals surface area contributed by atoms with Crippen molar-refractivity contribution in [3.05, 3.63) is 65.2 Å². The van der Waals surface area contributed by atoms with Gasteiger partial charge in [0.25, 0.3) is 5.91 Å². The van der Waals surface area contributed by atoms with E-state index in [-0.39, 0.29) is 19.1 Å². The summed E-state index contributed by atoms with van der Waals surface area (Å²) in [6.07, 6.45) is 0. The summed E-state index contributed by atoms with van der Waals surface area (Å²) in [7, 11) is 0. The summed E-state index contributed by atoms with van der Waals surface area (Å²) in [5.41, 5.74) is 1.25. The van der Waals surface area contributed by atoms with E-state index in [0.29, 0.717) is 17.3 Å². The molecule has 2 aromatic rings. The first-order valence-electron chi connectivity index (χ1n) is 8.06. The second kappa shape index (κ2) is 11.4. The molecule has 2 rings (SSSR count). The normalized spacial score (nSPS) is 10.2. The number of hydrogen-bond donors (Lipinski definition) is 1. The number of rotatable bonds is 10. The van der Waals surface area contributed by atoms with Crippen LogP contribution >= 0.6 is 23.4 Å². The van der Waals surface area contributed by atoms with Gasteiger partial charge in [0.15, 0.2) is 13.2 Å². The maximum Gasteiger partial charge on any atom is 0.344 e. The minimum Gasteiger partial charge on any atom is -0.480 e. The molecule has 7 heteroatoms. The van der Waals surface area contributed by atoms with E-state index >= 15 is 0 Å². The Labute approximate surface area is 162 Å². The lowest BCUT2D eigenvalue weighted by Gasteiger charge is -2.08. The van der Waals surface area contributed by atoms with E-state index in [9.17, 15) is 9.59 Å². The highest BCUT2D eigenvalue weighted by Gasteiger charge is 2.09.